The van der Waals surface area contributed by atoms with Gasteiger partial charge in [0.15, 0.2) is 17.7 Å². The van der Waals surface area contributed by atoms with Crippen molar-refractivity contribution in [3.05, 3.63) is 34.9 Å². The number of carbonyl (C=O) groups is 2. The lowest BCUT2D eigenvalue weighted by molar-refractivity contribution is -0.416. The molecule has 2 aliphatic heterocycles. The Kier molecular flexibility index (Phi) is 4.82. The van der Waals surface area contributed by atoms with Gasteiger partial charge in [0, 0.05) is 17.9 Å². The molecule has 3 fully saturated rings. The molecule has 6 aliphatic rings. The Morgan fingerprint density at radius 3 is 2.54 bits per heavy atom. The average molecular weight is 485 g/mol. The van der Waals surface area contributed by atoms with Crippen molar-refractivity contribution in [3.8, 4) is 0 Å². The second kappa shape index (κ2) is 7.15. The fraction of sp³-hybridized carbons (Fsp3) is 0.714. The molecule has 0 radical (unpaired) electrons. The number of cyclic esters (lactones) is 1. The zero-order valence-corrected chi connectivity index (χ0v) is 20.9. The number of esters is 1. The van der Waals surface area contributed by atoms with Crippen molar-refractivity contribution in [2.24, 2.45) is 34.5 Å². The summed E-state index contributed by atoms with van der Waals surface area (Å²) >= 11 is 0. The fourth-order valence-corrected chi connectivity index (χ4v) is 9.08. The predicted molar refractivity (Wildman–Crippen MR) is 126 cm³/mol. The highest BCUT2D eigenvalue weighted by molar-refractivity contribution is 5.98. The molecule has 35 heavy (non-hydrogen) atoms. The predicted octanol–water partition coefficient (Wildman–Crippen LogP) is 2.59. The molecule has 7 heteroatoms. The molecule has 2 heterocycles. The molecule has 0 spiro atoms. The Labute approximate surface area is 205 Å². The molecule has 4 aliphatic carbocycles. The van der Waals surface area contributed by atoms with Crippen LogP contribution in [0.15, 0.2) is 34.9 Å². The summed E-state index contributed by atoms with van der Waals surface area (Å²) < 4.78 is 12.2. The largest absolute Gasteiger partial charge is 0.452 e. The van der Waals surface area contributed by atoms with E-state index in [1.165, 1.54) is 0 Å². The molecule has 0 amide bonds. The van der Waals surface area contributed by atoms with Gasteiger partial charge >= 0.3 is 5.97 Å². The van der Waals surface area contributed by atoms with Gasteiger partial charge in [-0.2, -0.15) is 0 Å². The normalized spacial score (nSPS) is 52.6. The number of fused-ring (bicyclic) bond motifs is 4. The lowest BCUT2D eigenvalue weighted by atomic mass is 9.43. The minimum Gasteiger partial charge on any atom is -0.452 e. The van der Waals surface area contributed by atoms with Crippen molar-refractivity contribution in [2.45, 2.75) is 83.4 Å². The first-order valence-corrected chi connectivity index (χ1v) is 13.0. The zero-order valence-electron chi connectivity index (χ0n) is 20.9. The smallest absolute Gasteiger partial charge is 0.334 e. The highest BCUT2D eigenvalue weighted by Crippen LogP contribution is 2.73. The first kappa shape index (κ1) is 23.6. The molecular formula is C28H36O7. The maximum atomic E-state index is 13.3. The van der Waals surface area contributed by atoms with Crippen molar-refractivity contribution < 1.29 is 34.4 Å². The molecule has 1 saturated heterocycles. The lowest BCUT2D eigenvalue weighted by Crippen LogP contribution is -2.76. The fourth-order valence-electron chi connectivity index (χ4n) is 9.08. The van der Waals surface area contributed by atoms with E-state index in [-0.39, 0.29) is 36.6 Å². The summed E-state index contributed by atoms with van der Waals surface area (Å²) in [7, 11) is 0. The van der Waals surface area contributed by atoms with Crippen LogP contribution in [0.2, 0.25) is 0 Å². The molecule has 6 rings (SSSR count). The molecule has 10 atom stereocenters. The molecule has 7 nitrogen and oxygen atoms in total. The number of rotatable bonds is 2. The van der Waals surface area contributed by atoms with E-state index in [1.807, 2.05) is 19.9 Å². The van der Waals surface area contributed by atoms with Crippen LogP contribution in [0.5, 0.6) is 0 Å². The number of hydrogen-bond donors (Lipinski definition) is 3. The van der Waals surface area contributed by atoms with Gasteiger partial charge in [0.2, 0.25) is 0 Å². The second-order valence-electron chi connectivity index (χ2n) is 12.2. The number of aliphatic hydroxyl groups is 3. The van der Waals surface area contributed by atoms with Crippen LogP contribution in [0.3, 0.4) is 0 Å². The van der Waals surface area contributed by atoms with Gasteiger partial charge in [-0.15, -0.1) is 0 Å². The first-order valence-electron chi connectivity index (χ1n) is 13.0. The Morgan fingerprint density at radius 1 is 1.14 bits per heavy atom. The molecule has 3 N–H and O–H groups in total. The molecule has 2 saturated carbocycles. The van der Waals surface area contributed by atoms with Gasteiger partial charge < -0.3 is 24.8 Å². The Balaban J connectivity index is 1.48. The van der Waals surface area contributed by atoms with Crippen LogP contribution >= 0.6 is 0 Å². The Bertz CT molecular complexity index is 1100. The van der Waals surface area contributed by atoms with Crippen LogP contribution in [0.4, 0.5) is 0 Å². The third kappa shape index (κ3) is 2.56. The summed E-state index contributed by atoms with van der Waals surface area (Å²) in [6.07, 6.45) is 6.93. The first-order chi connectivity index (χ1) is 16.4. The quantitative estimate of drug-likeness (QED) is 0.408. The third-order valence-corrected chi connectivity index (χ3v) is 11.4. The number of ketones is 1. The average Bonchev–Trinajstić information content (AvgIpc) is 3.24. The van der Waals surface area contributed by atoms with Crippen LogP contribution in [0.25, 0.3) is 0 Å². The number of allylic oxidation sites excluding steroid dienone is 4. The van der Waals surface area contributed by atoms with Crippen LogP contribution in [0, 0.1) is 34.5 Å². The molecule has 0 bridgehead atoms. The van der Waals surface area contributed by atoms with Crippen molar-refractivity contribution in [2.75, 3.05) is 6.61 Å². The Morgan fingerprint density at radius 2 is 1.89 bits per heavy atom. The van der Waals surface area contributed by atoms with E-state index in [0.29, 0.717) is 24.0 Å². The highest BCUT2D eigenvalue weighted by atomic mass is 16.7. The van der Waals surface area contributed by atoms with E-state index < -0.39 is 46.3 Å². The minimum atomic E-state index is -1.74. The number of ether oxygens (including phenoxy) is 2. The highest BCUT2D eigenvalue weighted by Gasteiger charge is 2.79. The summed E-state index contributed by atoms with van der Waals surface area (Å²) in [5.41, 5.74) is -0.861. The van der Waals surface area contributed by atoms with Crippen molar-refractivity contribution in [1.82, 2.24) is 0 Å². The summed E-state index contributed by atoms with van der Waals surface area (Å²) in [5.74, 6) is -2.95. The van der Waals surface area contributed by atoms with Gasteiger partial charge in [0.25, 0.3) is 0 Å². The van der Waals surface area contributed by atoms with Crippen molar-refractivity contribution >= 4 is 11.8 Å². The molecule has 0 unspecified atom stereocenters. The molecule has 0 aromatic heterocycles. The lowest BCUT2D eigenvalue weighted by Gasteiger charge is -2.67. The van der Waals surface area contributed by atoms with Crippen LogP contribution in [-0.2, 0) is 19.1 Å². The molecule has 0 aromatic rings. The van der Waals surface area contributed by atoms with Crippen molar-refractivity contribution in [1.29, 1.82) is 0 Å². The van der Waals surface area contributed by atoms with Gasteiger partial charge in [-0.05, 0) is 75.9 Å². The van der Waals surface area contributed by atoms with E-state index in [1.54, 1.807) is 19.9 Å². The molecular weight excluding hydrogens is 448 g/mol. The van der Waals surface area contributed by atoms with Gasteiger partial charge in [-0.25, -0.2) is 4.79 Å². The van der Waals surface area contributed by atoms with E-state index in [0.717, 1.165) is 18.4 Å². The number of hydrogen-bond acceptors (Lipinski definition) is 7. The summed E-state index contributed by atoms with van der Waals surface area (Å²) in [6, 6.07) is 0. The topological polar surface area (TPSA) is 113 Å². The molecule has 190 valence electrons. The maximum absolute atomic E-state index is 13.3. The van der Waals surface area contributed by atoms with Gasteiger partial charge in [-0.3, -0.25) is 4.79 Å². The monoisotopic (exact) mass is 484 g/mol. The summed E-state index contributed by atoms with van der Waals surface area (Å²) in [4.78, 5) is 25.7. The zero-order chi connectivity index (χ0) is 25.1. The summed E-state index contributed by atoms with van der Waals surface area (Å²) in [5, 5.41) is 35.3. The SMILES string of the molecule is CC1=C(C)[C@H]([C@H]2O[C@@]3(O)C[C@H]4[C@@H](CC=C5CC=CC(=O)[C@@]54C)[C@@H]4CC[C@@](O)([C@@H]2CO)[C@]43C)OC1=O. The van der Waals surface area contributed by atoms with Gasteiger partial charge in [-0.1, -0.05) is 24.6 Å². The standard InChI is InChI=1S/C28H36O7/c1-14-15(2)24(31)34-22(14)23-20(13-29)27(32)11-10-18-17-9-8-16-6-5-7-21(30)25(16,3)19(17)12-28(33,35-23)26(18,27)4/h5,7-8,17-20,22-23,29,32-33H,6,9-13H2,1-4H3/t17-,18-,19-,20+,22+,23-,25-,26-,27+,28-/m0/s1. The van der Waals surface area contributed by atoms with E-state index in [4.69, 9.17) is 9.47 Å². The van der Waals surface area contributed by atoms with E-state index >= 15 is 0 Å². The Hall–Kier alpha value is -1.80. The second-order valence-corrected chi connectivity index (χ2v) is 12.2. The van der Waals surface area contributed by atoms with Gasteiger partial charge in [0.1, 0.15) is 6.10 Å². The number of carbonyl (C=O) groups excluding carboxylic acids is 2. The van der Waals surface area contributed by atoms with Crippen LogP contribution in [0.1, 0.15) is 59.8 Å². The van der Waals surface area contributed by atoms with E-state index in [2.05, 4.69) is 6.08 Å². The van der Waals surface area contributed by atoms with E-state index in [9.17, 15) is 24.9 Å². The van der Waals surface area contributed by atoms with Crippen molar-refractivity contribution in [3.63, 3.8) is 0 Å². The summed E-state index contributed by atoms with van der Waals surface area (Å²) in [6.45, 7) is 7.04. The van der Waals surface area contributed by atoms with Crippen LogP contribution in [-0.4, -0.2) is 57.3 Å². The van der Waals surface area contributed by atoms with Gasteiger partial charge in [0.05, 0.1) is 23.0 Å². The van der Waals surface area contributed by atoms with Crippen LogP contribution < -0.4 is 0 Å². The minimum absolute atomic E-state index is 0.0601. The number of aliphatic hydroxyl groups excluding tert-OH is 1. The maximum Gasteiger partial charge on any atom is 0.334 e. The molecule has 0 aromatic carbocycles. The third-order valence-electron chi connectivity index (χ3n) is 11.4.